The number of amides is 1. The Bertz CT molecular complexity index is 609. The molecule has 130 valence electrons. The van der Waals surface area contributed by atoms with Crippen molar-refractivity contribution in [3.8, 4) is 0 Å². The molecule has 24 heavy (non-hydrogen) atoms. The van der Waals surface area contributed by atoms with Crippen LogP contribution in [0.4, 0.5) is 0 Å². The van der Waals surface area contributed by atoms with Crippen LogP contribution in [0, 0.1) is 5.41 Å². The lowest BCUT2D eigenvalue weighted by atomic mass is 9.77. The zero-order chi connectivity index (χ0) is 17.2. The van der Waals surface area contributed by atoms with Crippen LogP contribution < -0.4 is 0 Å². The van der Waals surface area contributed by atoms with Crippen molar-refractivity contribution in [3.63, 3.8) is 0 Å². The SMILES string of the molecule is O=C(O)CCN1CCC2(CC1)CC(=O)N(Cc1ccc(Cl)cc1)C2. The monoisotopic (exact) mass is 350 g/mol. The number of hydrogen-bond donors (Lipinski definition) is 1. The van der Waals surface area contributed by atoms with Crippen LogP contribution in [0.25, 0.3) is 0 Å². The van der Waals surface area contributed by atoms with Gasteiger partial charge in [-0.3, -0.25) is 9.59 Å². The second kappa shape index (κ2) is 7.11. The molecule has 0 atom stereocenters. The van der Waals surface area contributed by atoms with Crippen molar-refractivity contribution in [2.75, 3.05) is 26.2 Å². The predicted molar refractivity (Wildman–Crippen MR) is 91.8 cm³/mol. The van der Waals surface area contributed by atoms with E-state index in [0.717, 1.165) is 38.0 Å². The Balaban J connectivity index is 1.55. The lowest BCUT2D eigenvalue weighted by Gasteiger charge is -2.38. The first-order valence-corrected chi connectivity index (χ1v) is 8.80. The quantitative estimate of drug-likeness (QED) is 0.886. The number of halogens is 1. The van der Waals surface area contributed by atoms with Gasteiger partial charge in [0.15, 0.2) is 0 Å². The normalized spacial score (nSPS) is 20.7. The number of benzene rings is 1. The molecule has 1 aromatic rings. The van der Waals surface area contributed by atoms with Gasteiger partial charge in [0.05, 0.1) is 6.42 Å². The van der Waals surface area contributed by atoms with Crippen LogP contribution >= 0.6 is 11.6 Å². The average molecular weight is 351 g/mol. The molecule has 2 heterocycles. The van der Waals surface area contributed by atoms with Crippen LogP contribution in [0.1, 0.15) is 31.2 Å². The third kappa shape index (κ3) is 4.08. The molecule has 2 saturated heterocycles. The molecule has 1 spiro atoms. The first-order valence-electron chi connectivity index (χ1n) is 8.42. The van der Waals surface area contributed by atoms with E-state index in [1.165, 1.54) is 0 Å². The lowest BCUT2D eigenvalue weighted by molar-refractivity contribution is -0.137. The largest absolute Gasteiger partial charge is 0.481 e. The molecule has 2 aliphatic rings. The molecule has 2 aliphatic heterocycles. The van der Waals surface area contributed by atoms with Gasteiger partial charge in [0.1, 0.15) is 0 Å². The molecule has 0 aliphatic carbocycles. The van der Waals surface area contributed by atoms with Gasteiger partial charge in [-0.15, -0.1) is 0 Å². The summed E-state index contributed by atoms with van der Waals surface area (Å²) in [5.41, 5.74) is 1.17. The maximum atomic E-state index is 12.4. The Kier molecular flexibility index (Phi) is 5.11. The van der Waals surface area contributed by atoms with Crippen LogP contribution in [-0.2, 0) is 16.1 Å². The molecule has 2 fully saturated rings. The van der Waals surface area contributed by atoms with E-state index in [0.29, 0.717) is 24.5 Å². The third-order valence-corrected chi connectivity index (χ3v) is 5.50. The fraction of sp³-hybridized carbons (Fsp3) is 0.556. The van der Waals surface area contributed by atoms with E-state index < -0.39 is 5.97 Å². The number of rotatable bonds is 5. The molecule has 6 heteroatoms. The van der Waals surface area contributed by atoms with Crippen LogP contribution in [0.2, 0.25) is 5.02 Å². The minimum Gasteiger partial charge on any atom is -0.481 e. The number of piperidine rings is 1. The molecule has 1 N–H and O–H groups in total. The number of likely N-dealkylation sites (tertiary alicyclic amines) is 2. The van der Waals surface area contributed by atoms with Crippen molar-refractivity contribution in [3.05, 3.63) is 34.9 Å². The lowest BCUT2D eigenvalue weighted by Crippen LogP contribution is -2.42. The minimum absolute atomic E-state index is 0.0727. The van der Waals surface area contributed by atoms with E-state index in [1.54, 1.807) is 0 Å². The molecule has 1 aromatic carbocycles. The topological polar surface area (TPSA) is 60.9 Å². The Morgan fingerprint density at radius 2 is 1.88 bits per heavy atom. The standard InChI is InChI=1S/C18H23ClN2O3/c19-15-3-1-14(2-4-15)12-21-13-18(11-16(21)22)6-9-20(10-7-18)8-5-17(23)24/h1-4H,5-13H2,(H,23,24). The fourth-order valence-corrected chi connectivity index (χ4v) is 3.90. The van der Waals surface area contributed by atoms with E-state index in [9.17, 15) is 9.59 Å². The number of aliphatic carboxylic acids is 1. The summed E-state index contributed by atoms with van der Waals surface area (Å²) in [4.78, 5) is 27.3. The summed E-state index contributed by atoms with van der Waals surface area (Å²) in [7, 11) is 0. The van der Waals surface area contributed by atoms with Crippen molar-refractivity contribution >= 4 is 23.5 Å². The summed E-state index contributed by atoms with van der Waals surface area (Å²) in [5, 5.41) is 9.49. The molecule has 0 radical (unpaired) electrons. The highest BCUT2D eigenvalue weighted by molar-refractivity contribution is 6.30. The summed E-state index contributed by atoms with van der Waals surface area (Å²) in [5.74, 6) is -0.524. The summed E-state index contributed by atoms with van der Waals surface area (Å²) in [6, 6.07) is 7.65. The van der Waals surface area contributed by atoms with E-state index in [4.69, 9.17) is 16.7 Å². The number of hydrogen-bond acceptors (Lipinski definition) is 3. The molecule has 0 saturated carbocycles. The van der Waals surface area contributed by atoms with Gasteiger partial charge < -0.3 is 14.9 Å². The van der Waals surface area contributed by atoms with Gasteiger partial charge in [0.25, 0.3) is 0 Å². The molecule has 1 amide bonds. The summed E-state index contributed by atoms with van der Waals surface area (Å²) < 4.78 is 0. The minimum atomic E-state index is -0.750. The van der Waals surface area contributed by atoms with Crippen LogP contribution in [0.5, 0.6) is 0 Å². The second-order valence-corrected chi connectivity index (χ2v) is 7.47. The fourth-order valence-electron chi connectivity index (χ4n) is 3.78. The molecule has 0 unspecified atom stereocenters. The van der Waals surface area contributed by atoms with Gasteiger partial charge in [0.2, 0.25) is 5.91 Å². The Labute approximate surface area is 147 Å². The van der Waals surface area contributed by atoms with E-state index in [-0.39, 0.29) is 17.7 Å². The van der Waals surface area contributed by atoms with Crippen LogP contribution in [0.3, 0.4) is 0 Å². The van der Waals surface area contributed by atoms with Crippen molar-refractivity contribution in [2.45, 2.75) is 32.2 Å². The van der Waals surface area contributed by atoms with E-state index in [1.807, 2.05) is 29.2 Å². The number of carboxylic acids is 1. The van der Waals surface area contributed by atoms with Gasteiger partial charge in [-0.1, -0.05) is 23.7 Å². The second-order valence-electron chi connectivity index (χ2n) is 7.04. The Morgan fingerprint density at radius 3 is 2.50 bits per heavy atom. The maximum absolute atomic E-state index is 12.4. The van der Waals surface area contributed by atoms with Gasteiger partial charge in [-0.2, -0.15) is 0 Å². The van der Waals surface area contributed by atoms with E-state index >= 15 is 0 Å². The average Bonchev–Trinajstić information content (AvgIpc) is 2.84. The van der Waals surface area contributed by atoms with Gasteiger partial charge in [-0.05, 0) is 49.0 Å². The highest BCUT2D eigenvalue weighted by atomic mass is 35.5. The molecule has 5 nitrogen and oxygen atoms in total. The zero-order valence-electron chi connectivity index (χ0n) is 13.7. The first-order chi connectivity index (χ1) is 11.5. The van der Waals surface area contributed by atoms with Gasteiger partial charge in [-0.25, -0.2) is 0 Å². The number of carbonyl (C=O) groups excluding carboxylic acids is 1. The first kappa shape index (κ1) is 17.2. The molecular formula is C18H23ClN2O3. The number of nitrogens with zero attached hydrogens (tertiary/aromatic N) is 2. The number of carboxylic acid groups (broad SMARTS) is 1. The number of carbonyl (C=O) groups is 2. The van der Waals surface area contributed by atoms with Crippen molar-refractivity contribution in [1.29, 1.82) is 0 Å². The Morgan fingerprint density at radius 1 is 1.21 bits per heavy atom. The maximum Gasteiger partial charge on any atom is 0.304 e. The summed E-state index contributed by atoms with van der Waals surface area (Å²) in [6.45, 7) is 3.82. The molecule has 3 rings (SSSR count). The highest BCUT2D eigenvalue weighted by Crippen LogP contribution is 2.41. The summed E-state index contributed by atoms with van der Waals surface area (Å²) >= 11 is 5.91. The van der Waals surface area contributed by atoms with Gasteiger partial charge >= 0.3 is 5.97 Å². The molecular weight excluding hydrogens is 328 g/mol. The van der Waals surface area contributed by atoms with Crippen molar-refractivity contribution < 1.29 is 14.7 Å². The van der Waals surface area contributed by atoms with Crippen LogP contribution in [-0.4, -0.2) is 53.0 Å². The predicted octanol–water partition coefficient (Wildman–Crippen LogP) is 2.63. The third-order valence-electron chi connectivity index (χ3n) is 5.25. The van der Waals surface area contributed by atoms with Crippen LogP contribution in [0.15, 0.2) is 24.3 Å². The highest BCUT2D eigenvalue weighted by Gasteiger charge is 2.44. The molecule has 0 bridgehead atoms. The Hall–Kier alpha value is -1.59. The summed E-state index contributed by atoms with van der Waals surface area (Å²) in [6.07, 6.45) is 2.74. The molecule has 0 aromatic heterocycles. The van der Waals surface area contributed by atoms with E-state index in [2.05, 4.69) is 4.90 Å². The van der Waals surface area contributed by atoms with Crippen molar-refractivity contribution in [1.82, 2.24) is 9.80 Å². The van der Waals surface area contributed by atoms with Crippen molar-refractivity contribution in [2.24, 2.45) is 5.41 Å². The van der Waals surface area contributed by atoms with Gasteiger partial charge in [0, 0.05) is 31.1 Å². The zero-order valence-corrected chi connectivity index (χ0v) is 14.5. The smallest absolute Gasteiger partial charge is 0.304 e.